The lowest BCUT2D eigenvalue weighted by atomic mass is 9.93. The zero-order valence-corrected chi connectivity index (χ0v) is 12.3. The Bertz CT molecular complexity index is 425. The van der Waals surface area contributed by atoms with E-state index < -0.39 is 18.2 Å². The van der Waals surface area contributed by atoms with Crippen LogP contribution in [0, 0.1) is 0 Å². The highest BCUT2D eigenvalue weighted by Gasteiger charge is 2.29. The second-order valence-corrected chi connectivity index (χ2v) is 5.44. The van der Waals surface area contributed by atoms with Crippen molar-refractivity contribution in [2.45, 2.75) is 71.2 Å². The summed E-state index contributed by atoms with van der Waals surface area (Å²) in [5, 5.41) is 14.6. The molecule has 1 aromatic rings. The first-order chi connectivity index (χ1) is 9.17. The highest BCUT2D eigenvalue weighted by Crippen LogP contribution is 2.26. The van der Waals surface area contributed by atoms with E-state index in [1.807, 2.05) is 19.9 Å². The number of aromatic nitrogens is 2. The van der Waals surface area contributed by atoms with Crippen LogP contribution in [0.15, 0.2) is 6.07 Å². The van der Waals surface area contributed by atoms with Gasteiger partial charge in [0.1, 0.15) is 0 Å². The number of aryl methyl sites for hydroxylation is 2. The van der Waals surface area contributed by atoms with Crippen molar-refractivity contribution in [3.8, 4) is 0 Å². The van der Waals surface area contributed by atoms with Crippen LogP contribution in [0.25, 0.3) is 0 Å². The fourth-order valence-electron chi connectivity index (χ4n) is 2.25. The lowest BCUT2D eigenvalue weighted by molar-refractivity contribution is -0.137. The number of nitrogens with zero attached hydrogens (tertiary/aromatic N) is 2. The van der Waals surface area contributed by atoms with Gasteiger partial charge >= 0.3 is 6.18 Å². The van der Waals surface area contributed by atoms with E-state index in [2.05, 4.69) is 5.10 Å². The van der Waals surface area contributed by atoms with Crippen molar-refractivity contribution in [1.29, 1.82) is 0 Å². The molecule has 0 fully saturated rings. The quantitative estimate of drug-likeness (QED) is 0.835. The van der Waals surface area contributed by atoms with Crippen molar-refractivity contribution in [2.24, 2.45) is 0 Å². The van der Waals surface area contributed by atoms with Gasteiger partial charge in [0, 0.05) is 25.1 Å². The molecule has 0 saturated carbocycles. The molecule has 6 heteroatoms. The molecule has 1 N–H and O–H groups in total. The molecule has 0 aromatic carbocycles. The minimum absolute atomic E-state index is 0.0581. The Labute approximate surface area is 117 Å². The lowest BCUT2D eigenvalue weighted by Crippen LogP contribution is -2.29. The smallest absolute Gasteiger partial charge is 0.389 e. The fraction of sp³-hybridized carbons (Fsp3) is 0.786. The van der Waals surface area contributed by atoms with Crippen LogP contribution in [0.5, 0.6) is 0 Å². The molecule has 0 amide bonds. The average molecular weight is 292 g/mol. The normalized spacial score (nSPS) is 15.3. The topological polar surface area (TPSA) is 38.0 Å². The van der Waals surface area contributed by atoms with E-state index in [-0.39, 0.29) is 12.8 Å². The molecule has 0 bridgehead atoms. The zero-order chi connectivity index (χ0) is 15.4. The van der Waals surface area contributed by atoms with Crippen molar-refractivity contribution in [1.82, 2.24) is 9.78 Å². The van der Waals surface area contributed by atoms with E-state index in [0.717, 1.165) is 17.8 Å². The maximum absolute atomic E-state index is 12.1. The highest BCUT2D eigenvalue weighted by atomic mass is 19.4. The van der Waals surface area contributed by atoms with Crippen LogP contribution in [-0.4, -0.2) is 26.7 Å². The lowest BCUT2D eigenvalue weighted by Gasteiger charge is -2.23. The first kappa shape index (κ1) is 17.0. The SMILES string of the molecule is CCc1cc(CC(C)(O)CCCC(F)(F)F)n(CC)n1. The van der Waals surface area contributed by atoms with Crippen molar-refractivity contribution in [3.05, 3.63) is 17.5 Å². The highest BCUT2D eigenvalue weighted by molar-refractivity contribution is 5.12. The number of aliphatic hydroxyl groups is 1. The van der Waals surface area contributed by atoms with Crippen molar-refractivity contribution in [2.75, 3.05) is 0 Å². The number of rotatable bonds is 7. The molecule has 0 aliphatic heterocycles. The van der Waals surface area contributed by atoms with E-state index in [9.17, 15) is 18.3 Å². The van der Waals surface area contributed by atoms with Gasteiger partial charge in [-0.05, 0) is 39.2 Å². The van der Waals surface area contributed by atoms with E-state index in [1.165, 1.54) is 0 Å². The summed E-state index contributed by atoms with van der Waals surface area (Å²) in [6.07, 6.45) is -3.81. The molecule has 1 heterocycles. The molecule has 1 unspecified atom stereocenters. The third-order valence-electron chi connectivity index (χ3n) is 3.31. The van der Waals surface area contributed by atoms with Gasteiger partial charge in [-0.15, -0.1) is 0 Å². The second kappa shape index (κ2) is 6.61. The van der Waals surface area contributed by atoms with Crippen LogP contribution in [0.1, 0.15) is 51.4 Å². The van der Waals surface area contributed by atoms with E-state index in [1.54, 1.807) is 11.6 Å². The number of alkyl halides is 3. The third kappa shape index (κ3) is 5.53. The molecule has 20 heavy (non-hydrogen) atoms. The summed E-state index contributed by atoms with van der Waals surface area (Å²) >= 11 is 0. The monoisotopic (exact) mass is 292 g/mol. The van der Waals surface area contributed by atoms with Crippen LogP contribution in [0.4, 0.5) is 13.2 Å². The largest absolute Gasteiger partial charge is 0.390 e. The molecule has 0 aliphatic rings. The van der Waals surface area contributed by atoms with Crippen LogP contribution in [0.2, 0.25) is 0 Å². The number of hydrogen-bond acceptors (Lipinski definition) is 2. The van der Waals surface area contributed by atoms with Gasteiger partial charge in [-0.25, -0.2) is 0 Å². The first-order valence-corrected chi connectivity index (χ1v) is 7.01. The van der Waals surface area contributed by atoms with E-state index in [4.69, 9.17) is 0 Å². The molecule has 0 saturated heterocycles. The maximum atomic E-state index is 12.1. The molecule has 3 nitrogen and oxygen atoms in total. The van der Waals surface area contributed by atoms with Crippen LogP contribution < -0.4 is 0 Å². The Kier molecular flexibility index (Phi) is 5.62. The molecule has 1 rings (SSSR count). The number of hydrogen-bond donors (Lipinski definition) is 1. The summed E-state index contributed by atoms with van der Waals surface area (Å²) in [4.78, 5) is 0. The number of halogens is 3. The maximum Gasteiger partial charge on any atom is 0.389 e. The van der Waals surface area contributed by atoms with Gasteiger partial charge in [-0.2, -0.15) is 18.3 Å². The van der Waals surface area contributed by atoms with Crippen molar-refractivity contribution >= 4 is 0 Å². The second-order valence-electron chi connectivity index (χ2n) is 5.44. The molecule has 0 radical (unpaired) electrons. The Morgan fingerprint density at radius 2 is 1.90 bits per heavy atom. The minimum atomic E-state index is -4.16. The van der Waals surface area contributed by atoms with E-state index >= 15 is 0 Å². The van der Waals surface area contributed by atoms with Crippen LogP contribution >= 0.6 is 0 Å². The molecule has 1 atom stereocenters. The summed E-state index contributed by atoms with van der Waals surface area (Å²) in [6, 6.07) is 1.92. The predicted molar refractivity (Wildman–Crippen MR) is 71.5 cm³/mol. The summed E-state index contributed by atoms with van der Waals surface area (Å²) in [5.41, 5.74) is 0.678. The Morgan fingerprint density at radius 1 is 1.25 bits per heavy atom. The standard InChI is InChI=1S/C14H23F3N2O/c1-4-11-9-12(19(5-2)18-11)10-13(3,20)7-6-8-14(15,16)17/h9,20H,4-8,10H2,1-3H3. The zero-order valence-electron chi connectivity index (χ0n) is 12.3. The summed E-state index contributed by atoms with van der Waals surface area (Å²) in [7, 11) is 0. The van der Waals surface area contributed by atoms with Crippen LogP contribution in [0.3, 0.4) is 0 Å². The van der Waals surface area contributed by atoms with Crippen molar-refractivity contribution in [3.63, 3.8) is 0 Å². The Morgan fingerprint density at radius 3 is 2.40 bits per heavy atom. The van der Waals surface area contributed by atoms with Crippen molar-refractivity contribution < 1.29 is 18.3 Å². The molecule has 116 valence electrons. The summed E-state index contributed by atoms with van der Waals surface area (Å²) < 4.78 is 38.2. The Balaban J connectivity index is 2.63. The van der Waals surface area contributed by atoms with Crippen LogP contribution in [-0.2, 0) is 19.4 Å². The van der Waals surface area contributed by atoms with Gasteiger partial charge in [0.05, 0.1) is 11.3 Å². The third-order valence-corrected chi connectivity index (χ3v) is 3.31. The Hall–Kier alpha value is -1.04. The first-order valence-electron chi connectivity index (χ1n) is 7.01. The fourth-order valence-corrected chi connectivity index (χ4v) is 2.25. The predicted octanol–water partition coefficient (Wildman–Crippen LogP) is 3.49. The van der Waals surface area contributed by atoms with Gasteiger partial charge in [0.15, 0.2) is 0 Å². The van der Waals surface area contributed by atoms with Gasteiger partial charge in [0.25, 0.3) is 0 Å². The molecule has 0 aliphatic carbocycles. The van der Waals surface area contributed by atoms with Gasteiger partial charge in [-0.3, -0.25) is 4.68 Å². The van der Waals surface area contributed by atoms with E-state index in [0.29, 0.717) is 13.0 Å². The molecular formula is C14H23F3N2O. The molecule has 0 spiro atoms. The van der Waals surface area contributed by atoms with Gasteiger partial charge < -0.3 is 5.11 Å². The van der Waals surface area contributed by atoms with Gasteiger partial charge in [-0.1, -0.05) is 6.92 Å². The van der Waals surface area contributed by atoms with Gasteiger partial charge in [0.2, 0.25) is 0 Å². The minimum Gasteiger partial charge on any atom is -0.390 e. The summed E-state index contributed by atoms with van der Waals surface area (Å²) in [5.74, 6) is 0. The molecule has 1 aromatic heterocycles. The molecular weight excluding hydrogens is 269 g/mol. The summed E-state index contributed by atoms with van der Waals surface area (Å²) in [6.45, 7) is 6.22. The average Bonchev–Trinajstić information content (AvgIpc) is 2.68.